The van der Waals surface area contributed by atoms with Gasteiger partial charge in [0.15, 0.2) is 0 Å². The van der Waals surface area contributed by atoms with Crippen LogP contribution in [-0.4, -0.2) is 18.0 Å². The zero-order chi connectivity index (χ0) is 15.4. The third-order valence-electron chi connectivity index (χ3n) is 4.45. The molecule has 0 aromatic heterocycles. The zero-order valence-electron chi connectivity index (χ0n) is 13.0. The SMILES string of the molecule is CSc1ccc2c(c1)CCCC2NC(CO)c1ccccc1. The molecule has 0 fully saturated rings. The first kappa shape index (κ1) is 15.6. The van der Waals surface area contributed by atoms with Crippen molar-refractivity contribution in [2.24, 2.45) is 0 Å². The van der Waals surface area contributed by atoms with Crippen LogP contribution < -0.4 is 5.32 Å². The van der Waals surface area contributed by atoms with Gasteiger partial charge in [0.25, 0.3) is 0 Å². The van der Waals surface area contributed by atoms with E-state index in [4.69, 9.17) is 0 Å². The molecule has 2 atom stereocenters. The van der Waals surface area contributed by atoms with Gasteiger partial charge in [-0.15, -0.1) is 11.8 Å². The maximum absolute atomic E-state index is 9.77. The summed E-state index contributed by atoms with van der Waals surface area (Å²) in [7, 11) is 0. The number of hydrogen-bond donors (Lipinski definition) is 2. The Labute approximate surface area is 137 Å². The van der Waals surface area contributed by atoms with E-state index in [9.17, 15) is 5.11 Å². The molecule has 2 aromatic carbocycles. The highest BCUT2D eigenvalue weighted by atomic mass is 32.2. The third-order valence-corrected chi connectivity index (χ3v) is 5.18. The Morgan fingerprint density at radius 2 is 2.05 bits per heavy atom. The molecule has 116 valence electrons. The van der Waals surface area contributed by atoms with Crippen molar-refractivity contribution in [3.8, 4) is 0 Å². The number of aliphatic hydroxyl groups excluding tert-OH is 1. The van der Waals surface area contributed by atoms with Crippen LogP contribution >= 0.6 is 11.8 Å². The lowest BCUT2D eigenvalue weighted by atomic mass is 9.87. The molecule has 0 amide bonds. The summed E-state index contributed by atoms with van der Waals surface area (Å²) >= 11 is 1.80. The fourth-order valence-electron chi connectivity index (χ4n) is 3.27. The van der Waals surface area contributed by atoms with Crippen molar-refractivity contribution in [3.63, 3.8) is 0 Å². The average molecular weight is 313 g/mol. The van der Waals surface area contributed by atoms with Gasteiger partial charge in [-0.2, -0.15) is 0 Å². The molecule has 0 aliphatic heterocycles. The van der Waals surface area contributed by atoms with Gasteiger partial charge in [0.1, 0.15) is 0 Å². The summed E-state index contributed by atoms with van der Waals surface area (Å²) in [5.74, 6) is 0. The molecule has 3 rings (SSSR count). The highest BCUT2D eigenvalue weighted by Crippen LogP contribution is 2.33. The zero-order valence-corrected chi connectivity index (χ0v) is 13.8. The van der Waals surface area contributed by atoms with Gasteiger partial charge < -0.3 is 10.4 Å². The average Bonchev–Trinajstić information content (AvgIpc) is 2.60. The highest BCUT2D eigenvalue weighted by Gasteiger charge is 2.23. The molecule has 0 spiro atoms. The van der Waals surface area contributed by atoms with E-state index in [-0.39, 0.29) is 12.6 Å². The number of nitrogens with one attached hydrogen (secondary N) is 1. The minimum Gasteiger partial charge on any atom is -0.394 e. The molecular formula is C19H23NOS. The van der Waals surface area contributed by atoms with Crippen molar-refractivity contribution in [1.29, 1.82) is 0 Å². The summed E-state index contributed by atoms with van der Waals surface area (Å²) in [6, 6.07) is 17.3. The quantitative estimate of drug-likeness (QED) is 0.815. The normalized spacial score (nSPS) is 18.7. The van der Waals surface area contributed by atoms with Crippen LogP contribution in [0.25, 0.3) is 0 Å². The molecule has 0 bridgehead atoms. The Bertz CT molecular complexity index is 614. The molecule has 1 aliphatic carbocycles. The van der Waals surface area contributed by atoms with E-state index in [1.54, 1.807) is 11.8 Å². The van der Waals surface area contributed by atoms with Crippen molar-refractivity contribution in [2.75, 3.05) is 12.9 Å². The van der Waals surface area contributed by atoms with Crippen LogP contribution in [0.4, 0.5) is 0 Å². The van der Waals surface area contributed by atoms with Gasteiger partial charge in [-0.3, -0.25) is 0 Å². The molecule has 2 unspecified atom stereocenters. The standard InChI is InChI=1S/C19H23NOS/c1-22-16-10-11-17-15(12-16)8-5-9-18(17)20-19(13-21)14-6-3-2-4-7-14/h2-4,6-7,10-12,18-21H,5,8-9,13H2,1H3. The Hall–Kier alpha value is -1.29. The van der Waals surface area contributed by atoms with Crippen LogP contribution in [0.3, 0.4) is 0 Å². The Morgan fingerprint density at radius 3 is 2.77 bits per heavy atom. The van der Waals surface area contributed by atoms with Gasteiger partial charge in [-0.25, -0.2) is 0 Å². The first-order valence-electron chi connectivity index (χ1n) is 7.90. The van der Waals surface area contributed by atoms with Gasteiger partial charge in [0.2, 0.25) is 0 Å². The molecule has 0 saturated heterocycles. The maximum Gasteiger partial charge on any atom is 0.0626 e. The lowest BCUT2D eigenvalue weighted by Gasteiger charge is -2.30. The van der Waals surface area contributed by atoms with Crippen molar-refractivity contribution < 1.29 is 5.11 Å². The number of aryl methyl sites for hydroxylation is 1. The van der Waals surface area contributed by atoms with E-state index < -0.39 is 0 Å². The number of benzene rings is 2. The van der Waals surface area contributed by atoms with E-state index in [1.165, 1.54) is 22.4 Å². The number of fused-ring (bicyclic) bond motifs is 1. The van der Waals surface area contributed by atoms with Gasteiger partial charge >= 0.3 is 0 Å². The smallest absolute Gasteiger partial charge is 0.0626 e. The van der Waals surface area contributed by atoms with Crippen LogP contribution in [0.5, 0.6) is 0 Å². The summed E-state index contributed by atoms with van der Waals surface area (Å²) in [5, 5.41) is 13.4. The molecule has 0 saturated carbocycles. The van der Waals surface area contributed by atoms with Crippen LogP contribution in [0.15, 0.2) is 53.4 Å². The largest absolute Gasteiger partial charge is 0.394 e. The predicted molar refractivity (Wildman–Crippen MR) is 93.3 cm³/mol. The van der Waals surface area contributed by atoms with Gasteiger partial charge in [0, 0.05) is 10.9 Å². The summed E-state index contributed by atoms with van der Waals surface area (Å²) in [6.07, 6.45) is 5.62. The Kier molecular flexibility index (Phi) is 5.19. The highest BCUT2D eigenvalue weighted by molar-refractivity contribution is 7.98. The molecule has 22 heavy (non-hydrogen) atoms. The minimum absolute atomic E-state index is 0.00243. The van der Waals surface area contributed by atoms with Gasteiger partial charge in [-0.05, 0) is 54.3 Å². The van der Waals surface area contributed by atoms with Crippen molar-refractivity contribution in [3.05, 3.63) is 65.2 Å². The van der Waals surface area contributed by atoms with E-state index in [0.29, 0.717) is 6.04 Å². The van der Waals surface area contributed by atoms with Gasteiger partial charge in [0.05, 0.1) is 12.6 Å². The fraction of sp³-hybridized carbons (Fsp3) is 0.368. The minimum atomic E-state index is -0.00243. The van der Waals surface area contributed by atoms with Crippen LogP contribution in [0.2, 0.25) is 0 Å². The molecule has 0 radical (unpaired) electrons. The van der Waals surface area contributed by atoms with E-state index >= 15 is 0 Å². The van der Waals surface area contributed by atoms with E-state index in [1.807, 2.05) is 18.2 Å². The van der Waals surface area contributed by atoms with Crippen LogP contribution in [0, 0.1) is 0 Å². The number of hydrogen-bond acceptors (Lipinski definition) is 3. The first-order valence-corrected chi connectivity index (χ1v) is 9.13. The van der Waals surface area contributed by atoms with E-state index in [0.717, 1.165) is 18.4 Å². The van der Waals surface area contributed by atoms with Crippen LogP contribution in [0.1, 0.15) is 41.6 Å². The molecule has 2 nitrogen and oxygen atoms in total. The Balaban J connectivity index is 1.82. The lowest BCUT2D eigenvalue weighted by Crippen LogP contribution is -2.31. The van der Waals surface area contributed by atoms with Crippen molar-refractivity contribution in [1.82, 2.24) is 5.32 Å². The molecule has 3 heteroatoms. The summed E-state index contributed by atoms with van der Waals surface area (Å²) in [6.45, 7) is 0.124. The monoisotopic (exact) mass is 313 g/mol. The lowest BCUT2D eigenvalue weighted by molar-refractivity contribution is 0.228. The predicted octanol–water partition coefficient (Wildman–Crippen LogP) is 4.11. The summed E-state index contributed by atoms with van der Waals surface area (Å²) in [5.41, 5.74) is 4.01. The summed E-state index contributed by atoms with van der Waals surface area (Å²) < 4.78 is 0. The van der Waals surface area contributed by atoms with Crippen LogP contribution in [-0.2, 0) is 6.42 Å². The third kappa shape index (κ3) is 3.37. The topological polar surface area (TPSA) is 32.3 Å². The first-order chi connectivity index (χ1) is 10.8. The van der Waals surface area contributed by atoms with Gasteiger partial charge in [-0.1, -0.05) is 36.4 Å². The van der Waals surface area contributed by atoms with Crippen molar-refractivity contribution >= 4 is 11.8 Å². The molecule has 2 aromatic rings. The summed E-state index contributed by atoms with van der Waals surface area (Å²) in [4.78, 5) is 1.33. The maximum atomic E-state index is 9.77. The number of thioether (sulfide) groups is 1. The second-order valence-electron chi connectivity index (χ2n) is 5.82. The number of rotatable bonds is 5. The molecular weight excluding hydrogens is 290 g/mol. The Morgan fingerprint density at radius 1 is 1.23 bits per heavy atom. The number of aliphatic hydroxyl groups is 1. The second-order valence-corrected chi connectivity index (χ2v) is 6.70. The molecule has 2 N–H and O–H groups in total. The van der Waals surface area contributed by atoms with Crippen molar-refractivity contribution in [2.45, 2.75) is 36.2 Å². The second kappa shape index (κ2) is 7.32. The fourth-order valence-corrected chi connectivity index (χ4v) is 3.74. The molecule has 0 heterocycles. The molecule has 1 aliphatic rings. The van der Waals surface area contributed by atoms with E-state index in [2.05, 4.69) is 41.9 Å².